The van der Waals surface area contributed by atoms with Gasteiger partial charge in [0.25, 0.3) is 5.91 Å². The average molecular weight is 512 g/mol. The fraction of sp³-hybridized carbons (Fsp3) is 0.630. The summed E-state index contributed by atoms with van der Waals surface area (Å²) in [4.78, 5) is 30.3. The van der Waals surface area contributed by atoms with Crippen LogP contribution in [0.4, 0.5) is 10.5 Å². The number of aryl methyl sites for hydroxylation is 1. The number of hydrogen-bond donors (Lipinski definition) is 3. The maximum absolute atomic E-state index is 13.9. The molecule has 2 atom stereocenters. The first kappa shape index (κ1) is 27.1. The number of aromatic nitrogens is 3. The summed E-state index contributed by atoms with van der Waals surface area (Å²) >= 11 is 0. The number of para-hydroxylation sites is 1. The molecule has 3 heterocycles. The minimum Gasteiger partial charge on any atom is -0.385 e. The van der Waals surface area contributed by atoms with Gasteiger partial charge in [-0.05, 0) is 49.7 Å². The van der Waals surface area contributed by atoms with Gasteiger partial charge in [-0.15, -0.1) is 0 Å². The molecule has 2 fully saturated rings. The molecule has 0 spiro atoms. The van der Waals surface area contributed by atoms with Gasteiger partial charge in [-0.1, -0.05) is 32.0 Å². The van der Waals surface area contributed by atoms with Crippen LogP contribution in [-0.4, -0.2) is 84.7 Å². The highest BCUT2D eigenvalue weighted by molar-refractivity contribution is 6.06. The maximum atomic E-state index is 13.9. The van der Waals surface area contributed by atoms with E-state index in [-0.39, 0.29) is 29.8 Å². The van der Waals surface area contributed by atoms with Crippen LogP contribution in [0.3, 0.4) is 0 Å². The van der Waals surface area contributed by atoms with E-state index in [4.69, 9.17) is 4.74 Å². The summed E-state index contributed by atoms with van der Waals surface area (Å²) in [5, 5.41) is 17.8. The number of nitrogens with zero attached hydrogens (tertiary/aromatic N) is 4. The molecule has 0 aliphatic carbocycles. The molecule has 2 saturated heterocycles. The summed E-state index contributed by atoms with van der Waals surface area (Å²) in [6.45, 7) is 8.60. The first-order valence-corrected chi connectivity index (χ1v) is 13.5. The lowest BCUT2D eigenvalue weighted by molar-refractivity contribution is 0.0977. The van der Waals surface area contributed by atoms with Crippen LogP contribution in [0.5, 0.6) is 0 Å². The predicted molar refractivity (Wildman–Crippen MR) is 143 cm³/mol. The van der Waals surface area contributed by atoms with Crippen LogP contribution in [0, 0.1) is 5.92 Å². The Bertz CT molecular complexity index is 1040. The van der Waals surface area contributed by atoms with E-state index in [1.54, 1.807) is 7.11 Å². The molecule has 10 heteroatoms. The molecule has 1 aromatic heterocycles. The third-order valence-corrected chi connectivity index (χ3v) is 7.18. The number of unbranched alkanes of at least 4 members (excludes halogenated alkanes) is 1. The van der Waals surface area contributed by atoms with E-state index in [1.165, 1.54) is 0 Å². The number of carbonyl (C=O) groups excluding carboxylic acids is 2. The molecular formula is C27H41N7O3. The van der Waals surface area contributed by atoms with Gasteiger partial charge in [0.1, 0.15) is 0 Å². The number of hydrogen-bond acceptors (Lipinski definition) is 6. The Hall–Kier alpha value is -2.98. The molecule has 0 radical (unpaired) electrons. The summed E-state index contributed by atoms with van der Waals surface area (Å²) in [7, 11) is 1.69. The summed E-state index contributed by atoms with van der Waals surface area (Å²) in [5.41, 5.74) is 3.11. The van der Waals surface area contributed by atoms with Gasteiger partial charge in [-0.3, -0.25) is 4.79 Å². The second-order valence-electron chi connectivity index (χ2n) is 10.5. The highest BCUT2D eigenvalue weighted by Gasteiger charge is 2.34. The Morgan fingerprint density at radius 2 is 2.05 bits per heavy atom. The highest BCUT2D eigenvalue weighted by atomic mass is 16.5. The number of H-pyrrole nitrogens is 1. The lowest BCUT2D eigenvalue weighted by Crippen LogP contribution is -2.56. The van der Waals surface area contributed by atoms with Gasteiger partial charge in [-0.2, -0.15) is 15.4 Å². The number of aromatic amines is 1. The molecule has 3 N–H and O–H groups in total. The molecule has 2 aliphatic rings. The third-order valence-electron chi connectivity index (χ3n) is 7.18. The summed E-state index contributed by atoms with van der Waals surface area (Å²) < 4.78 is 5.15. The van der Waals surface area contributed by atoms with Gasteiger partial charge >= 0.3 is 6.03 Å². The van der Waals surface area contributed by atoms with Crippen molar-refractivity contribution >= 4 is 17.6 Å². The van der Waals surface area contributed by atoms with E-state index in [9.17, 15) is 9.59 Å². The first-order chi connectivity index (χ1) is 18.0. The van der Waals surface area contributed by atoms with Crippen LogP contribution < -0.4 is 15.5 Å². The van der Waals surface area contributed by atoms with Gasteiger partial charge < -0.3 is 25.2 Å². The number of amides is 3. The second kappa shape index (κ2) is 13.0. The SMILES string of the molecule is COCCCCc1n[nH]nc1C(=O)N(CC(C)C)c1ccccc1[C@H]1CNC[C@H](N2CCCNC2=O)C1. The molecule has 2 aliphatic heterocycles. The number of ether oxygens (including phenoxy) is 1. The van der Waals surface area contributed by atoms with E-state index >= 15 is 0 Å². The van der Waals surface area contributed by atoms with Crippen molar-refractivity contribution in [3.8, 4) is 0 Å². The number of methoxy groups -OCH3 is 1. The lowest BCUT2D eigenvalue weighted by Gasteiger charge is -2.40. The van der Waals surface area contributed by atoms with Crippen molar-refractivity contribution in [2.45, 2.75) is 57.9 Å². The molecule has 3 amide bonds. The van der Waals surface area contributed by atoms with Crippen LogP contribution in [0.25, 0.3) is 0 Å². The molecular weight excluding hydrogens is 470 g/mol. The average Bonchev–Trinajstić information content (AvgIpc) is 3.38. The normalized spacial score (nSPS) is 20.2. The molecule has 0 saturated carbocycles. The van der Waals surface area contributed by atoms with Crippen LogP contribution in [0.1, 0.15) is 67.2 Å². The van der Waals surface area contributed by atoms with Crippen molar-refractivity contribution in [3.05, 3.63) is 41.2 Å². The zero-order chi connectivity index (χ0) is 26.2. The van der Waals surface area contributed by atoms with Crippen molar-refractivity contribution < 1.29 is 14.3 Å². The zero-order valence-corrected chi connectivity index (χ0v) is 22.3. The number of rotatable bonds is 11. The Kier molecular flexibility index (Phi) is 9.51. The van der Waals surface area contributed by atoms with Crippen LogP contribution >= 0.6 is 0 Å². The quantitative estimate of drug-likeness (QED) is 0.400. The van der Waals surface area contributed by atoms with E-state index in [1.807, 2.05) is 28.0 Å². The van der Waals surface area contributed by atoms with Crippen LogP contribution in [-0.2, 0) is 11.2 Å². The number of piperidine rings is 1. The number of urea groups is 1. The molecule has 202 valence electrons. The van der Waals surface area contributed by atoms with Gasteiger partial charge in [0, 0.05) is 64.1 Å². The molecule has 0 bridgehead atoms. The molecule has 37 heavy (non-hydrogen) atoms. The summed E-state index contributed by atoms with van der Waals surface area (Å²) in [5.74, 6) is 0.314. The largest absolute Gasteiger partial charge is 0.385 e. The Morgan fingerprint density at radius 3 is 2.84 bits per heavy atom. The monoisotopic (exact) mass is 511 g/mol. The van der Waals surface area contributed by atoms with Crippen molar-refractivity contribution in [2.75, 3.05) is 51.3 Å². The zero-order valence-electron chi connectivity index (χ0n) is 22.3. The Labute approximate surface area is 219 Å². The molecule has 2 aromatic rings. The van der Waals surface area contributed by atoms with E-state index in [2.05, 4.69) is 46.0 Å². The minimum absolute atomic E-state index is 0.0210. The number of nitrogens with one attached hydrogen (secondary N) is 3. The van der Waals surface area contributed by atoms with Gasteiger partial charge in [0.2, 0.25) is 0 Å². The molecule has 0 unspecified atom stereocenters. The van der Waals surface area contributed by atoms with Crippen molar-refractivity contribution in [3.63, 3.8) is 0 Å². The fourth-order valence-electron chi connectivity index (χ4n) is 5.39. The molecule has 4 rings (SSSR count). The van der Waals surface area contributed by atoms with Crippen molar-refractivity contribution in [2.24, 2.45) is 5.92 Å². The minimum atomic E-state index is -0.132. The van der Waals surface area contributed by atoms with E-state index in [0.717, 1.165) is 63.1 Å². The maximum Gasteiger partial charge on any atom is 0.317 e. The molecule has 1 aromatic carbocycles. The van der Waals surface area contributed by atoms with Gasteiger partial charge in [-0.25, -0.2) is 4.79 Å². The molecule has 10 nitrogen and oxygen atoms in total. The van der Waals surface area contributed by atoms with E-state index < -0.39 is 0 Å². The first-order valence-electron chi connectivity index (χ1n) is 13.5. The second-order valence-corrected chi connectivity index (χ2v) is 10.5. The Balaban J connectivity index is 1.58. The summed E-state index contributed by atoms with van der Waals surface area (Å²) in [6, 6.07) is 8.31. The fourth-order valence-corrected chi connectivity index (χ4v) is 5.39. The van der Waals surface area contributed by atoms with Crippen LogP contribution in [0.15, 0.2) is 24.3 Å². The number of carbonyl (C=O) groups is 2. The standard InChI is InChI=1S/C27H41N7O3/c1-19(2)18-34(26(35)25-23(30-32-31-25)10-6-7-14-37-3)24-11-5-4-9-22(24)20-15-21(17-28-16-20)33-13-8-12-29-27(33)36/h4-5,9,11,19-21,28H,6-8,10,12-18H2,1-3H3,(H,29,36)(H,30,31,32)/t20-,21-/m1/s1. The van der Waals surface area contributed by atoms with Gasteiger partial charge in [0.05, 0.1) is 5.69 Å². The topological polar surface area (TPSA) is 115 Å². The number of anilines is 1. The predicted octanol–water partition coefficient (Wildman–Crippen LogP) is 2.94. The van der Waals surface area contributed by atoms with Crippen LogP contribution in [0.2, 0.25) is 0 Å². The van der Waals surface area contributed by atoms with E-state index in [0.29, 0.717) is 31.0 Å². The number of benzene rings is 1. The summed E-state index contributed by atoms with van der Waals surface area (Å²) in [6.07, 6.45) is 4.27. The third kappa shape index (κ3) is 6.67. The Morgan fingerprint density at radius 1 is 1.22 bits per heavy atom. The lowest BCUT2D eigenvalue weighted by atomic mass is 9.86. The van der Waals surface area contributed by atoms with Crippen molar-refractivity contribution in [1.29, 1.82) is 0 Å². The smallest absolute Gasteiger partial charge is 0.317 e. The highest BCUT2D eigenvalue weighted by Crippen LogP contribution is 2.34. The van der Waals surface area contributed by atoms with Gasteiger partial charge in [0.15, 0.2) is 5.69 Å². The van der Waals surface area contributed by atoms with Crippen molar-refractivity contribution in [1.82, 2.24) is 30.9 Å².